The van der Waals surface area contributed by atoms with E-state index in [1.54, 1.807) is 6.92 Å². The summed E-state index contributed by atoms with van der Waals surface area (Å²) in [4.78, 5) is 2.31. The first-order valence-corrected chi connectivity index (χ1v) is 9.29. The van der Waals surface area contributed by atoms with E-state index in [0.29, 0.717) is 18.7 Å². The van der Waals surface area contributed by atoms with E-state index in [9.17, 15) is 8.42 Å². The fourth-order valence-corrected chi connectivity index (χ4v) is 4.08. The second kappa shape index (κ2) is 7.04. The molecule has 0 spiro atoms. The maximum atomic E-state index is 11.5. The van der Waals surface area contributed by atoms with Crippen LogP contribution >= 0.6 is 0 Å². The molecule has 1 rings (SSSR count). The minimum atomic E-state index is -2.84. The van der Waals surface area contributed by atoms with Gasteiger partial charge in [-0.05, 0) is 38.8 Å². The van der Waals surface area contributed by atoms with Crippen molar-refractivity contribution in [2.75, 3.05) is 31.6 Å². The Morgan fingerprint density at radius 1 is 1.42 bits per heavy atom. The predicted octanol–water partition coefficient (Wildman–Crippen LogP) is 1.65. The summed E-state index contributed by atoms with van der Waals surface area (Å²) >= 11 is 0. The molecule has 114 valence electrons. The number of rotatable bonds is 7. The molecule has 4 nitrogen and oxygen atoms in total. The molecule has 0 aromatic rings. The molecule has 2 N–H and O–H groups in total. The summed E-state index contributed by atoms with van der Waals surface area (Å²) in [6.07, 6.45) is 5.52. The second-order valence-corrected chi connectivity index (χ2v) is 8.61. The number of hydrogen-bond donors (Lipinski definition) is 1. The molecule has 1 saturated carbocycles. The van der Waals surface area contributed by atoms with Crippen LogP contribution in [0.2, 0.25) is 0 Å². The highest BCUT2D eigenvalue weighted by molar-refractivity contribution is 7.91. The highest BCUT2D eigenvalue weighted by Crippen LogP contribution is 2.35. The lowest BCUT2D eigenvalue weighted by atomic mass is 9.75. The van der Waals surface area contributed by atoms with E-state index >= 15 is 0 Å². The van der Waals surface area contributed by atoms with E-state index in [4.69, 9.17) is 5.73 Å². The van der Waals surface area contributed by atoms with Crippen LogP contribution in [0.1, 0.15) is 46.0 Å². The van der Waals surface area contributed by atoms with Crippen molar-refractivity contribution in [2.45, 2.75) is 51.5 Å². The lowest BCUT2D eigenvalue weighted by Crippen LogP contribution is -2.54. The SMILES string of the molecule is CCS(=O)(=O)CCCN(C)C1(CN)CCCC(C)C1. The van der Waals surface area contributed by atoms with Gasteiger partial charge in [0.05, 0.1) is 5.75 Å². The highest BCUT2D eigenvalue weighted by atomic mass is 32.2. The quantitative estimate of drug-likeness (QED) is 0.774. The van der Waals surface area contributed by atoms with Crippen molar-refractivity contribution in [1.29, 1.82) is 0 Å². The molecule has 1 fully saturated rings. The van der Waals surface area contributed by atoms with E-state index in [-0.39, 0.29) is 11.3 Å². The fourth-order valence-electron chi connectivity index (χ4n) is 3.22. The van der Waals surface area contributed by atoms with Crippen molar-refractivity contribution >= 4 is 9.84 Å². The second-order valence-electron chi connectivity index (χ2n) is 6.14. The zero-order valence-electron chi connectivity index (χ0n) is 12.7. The van der Waals surface area contributed by atoms with Crippen LogP contribution in [-0.4, -0.2) is 50.5 Å². The van der Waals surface area contributed by atoms with Gasteiger partial charge in [0, 0.05) is 17.8 Å². The molecule has 0 aromatic heterocycles. The average Bonchev–Trinajstić information content (AvgIpc) is 2.38. The monoisotopic (exact) mass is 290 g/mol. The van der Waals surface area contributed by atoms with E-state index in [1.165, 1.54) is 12.8 Å². The van der Waals surface area contributed by atoms with Gasteiger partial charge in [-0.25, -0.2) is 8.42 Å². The standard InChI is InChI=1S/C14H30N2O2S/c1-4-19(17,18)10-6-9-16(3)14(12-15)8-5-7-13(2)11-14/h13H,4-12,15H2,1-3H3. The molecule has 0 aromatic carbocycles. The third-order valence-corrected chi connectivity index (χ3v) is 6.44. The summed E-state index contributed by atoms with van der Waals surface area (Å²) in [6.45, 7) is 5.50. The zero-order valence-corrected chi connectivity index (χ0v) is 13.5. The molecule has 1 aliphatic rings. The number of hydrogen-bond acceptors (Lipinski definition) is 4. The largest absolute Gasteiger partial charge is 0.329 e. The van der Waals surface area contributed by atoms with E-state index < -0.39 is 9.84 Å². The molecule has 0 saturated heterocycles. The van der Waals surface area contributed by atoms with Gasteiger partial charge in [0.1, 0.15) is 9.84 Å². The van der Waals surface area contributed by atoms with Crippen LogP contribution in [-0.2, 0) is 9.84 Å². The lowest BCUT2D eigenvalue weighted by Gasteiger charge is -2.46. The molecule has 1 aliphatic carbocycles. The van der Waals surface area contributed by atoms with Gasteiger partial charge in [0.15, 0.2) is 0 Å². The van der Waals surface area contributed by atoms with Crippen molar-refractivity contribution in [1.82, 2.24) is 4.90 Å². The Labute approximate surface area is 118 Å². The van der Waals surface area contributed by atoms with Crippen LogP contribution in [0.5, 0.6) is 0 Å². The van der Waals surface area contributed by atoms with Gasteiger partial charge in [-0.3, -0.25) is 4.90 Å². The maximum Gasteiger partial charge on any atom is 0.150 e. The molecule has 19 heavy (non-hydrogen) atoms. The van der Waals surface area contributed by atoms with Gasteiger partial charge in [-0.1, -0.05) is 26.7 Å². The third kappa shape index (κ3) is 4.72. The molecular weight excluding hydrogens is 260 g/mol. The van der Waals surface area contributed by atoms with Gasteiger partial charge in [0.25, 0.3) is 0 Å². The van der Waals surface area contributed by atoms with Gasteiger partial charge in [-0.2, -0.15) is 0 Å². The Kier molecular flexibility index (Phi) is 6.27. The molecule has 0 radical (unpaired) electrons. The summed E-state index contributed by atoms with van der Waals surface area (Å²) < 4.78 is 23.0. The first kappa shape index (κ1) is 16.9. The Hall–Kier alpha value is -0.130. The molecule has 0 bridgehead atoms. The van der Waals surface area contributed by atoms with E-state index in [2.05, 4.69) is 18.9 Å². The van der Waals surface area contributed by atoms with Crippen LogP contribution in [0.25, 0.3) is 0 Å². The van der Waals surface area contributed by atoms with E-state index in [1.807, 2.05) is 0 Å². The Bertz CT molecular complexity index is 370. The van der Waals surface area contributed by atoms with Crippen molar-refractivity contribution in [3.8, 4) is 0 Å². The molecule has 2 atom stereocenters. The van der Waals surface area contributed by atoms with Gasteiger partial charge in [-0.15, -0.1) is 0 Å². The number of likely N-dealkylation sites (N-methyl/N-ethyl adjacent to an activating group) is 1. The normalized spacial score (nSPS) is 28.8. The minimum Gasteiger partial charge on any atom is -0.329 e. The number of nitrogens with two attached hydrogens (primary N) is 1. The van der Waals surface area contributed by atoms with Crippen LogP contribution in [0.3, 0.4) is 0 Å². The Morgan fingerprint density at radius 3 is 2.63 bits per heavy atom. The van der Waals surface area contributed by atoms with Gasteiger partial charge in [0.2, 0.25) is 0 Å². The fraction of sp³-hybridized carbons (Fsp3) is 1.00. The van der Waals surface area contributed by atoms with Crippen LogP contribution < -0.4 is 5.73 Å². The lowest BCUT2D eigenvalue weighted by molar-refractivity contribution is 0.0619. The number of sulfone groups is 1. The molecular formula is C14H30N2O2S. The summed E-state index contributed by atoms with van der Waals surface area (Å²) in [5.74, 6) is 1.26. The summed E-state index contributed by atoms with van der Waals surface area (Å²) in [6, 6.07) is 0. The third-order valence-electron chi connectivity index (χ3n) is 4.65. The molecule has 5 heteroatoms. The summed E-state index contributed by atoms with van der Waals surface area (Å²) in [7, 11) is -0.740. The smallest absolute Gasteiger partial charge is 0.150 e. The minimum absolute atomic E-state index is 0.0909. The van der Waals surface area contributed by atoms with Gasteiger partial charge < -0.3 is 5.73 Å². The molecule has 0 aliphatic heterocycles. The average molecular weight is 290 g/mol. The first-order chi connectivity index (χ1) is 8.85. The first-order valence-electron chi connectivity index (χ1n) is 7.47. The Morgan fingerprint density at radius 2 is 2.11 bits per heavy atom. The van der Waals surface area contributed by atoms with Crippen LogP contribution in [0, 0.1) is 5.92 Å². The van der Waals surface area contributed by atoms with Crippen molar-refractivity contribution in [3.05, 3.63) is 0 Å². The summed E-state index contributed by atoms with van der Waals surface area (Å²) in [5, 5.41) is 0. The van der Waals surface area contributed by atoms with E-state index in [0.717, 1.165) is 25.3 Å². The van der Waals surface area contributed by atoms with Crippen molar-refractivity contribution < 1.29 is 8.42 Å². The highest BCUT2D eigenvalue weighted by Gasteiger charge is 2.36. The van der Waals surface area contributed by atoms with Gasteiger partial charge >= 0.3 is 0 Å². The summed E-state index contributed by atoms with van der Waals surface area (Å²) in [5.41, 5.74) is 6.12. The molecule has 2 unspecified atom stereocenters. The topological polar surface area (TPSA) is 63.4 Å². The van der Waals surface area contributed by atoms with Crippen molar-refractivity contribution in [3.63, 3.8) is 0 Å². The van der Waals surface area contributed by atoms with Crippen LogP contribution in [0.4, 0.5) is 0 Å². The maximum absolute atomic E-state index is 11.5. The van der Waals surface area contributed by atoms with Crippen LogP contribution in [0.15, 0.2) is 0 Å². The number of nitrogens with zero attached hydrogens (tertiary/aromatic N) is 1. The van der Waals surface area contributed by atoms with Crippen molar-refractivity contribution in [2.24, 2.45) is 11.7 Å². The Balaban J connectivity index is 2.52. The molecule has 0 heterocycles. The predicted molar refractivity (Wildman–Crippen MR) is 81.0 cm³/mol. The molecule has 0 amide bonds. The zero-order chi connectivity index (χ0) is 14.5.